The zero-order chi connectivity index (χ0) is 9.31. The van der Waals surface area contributed by atoms with Crippen molar-refractivity contribution in [1.29, 1.82) is 0 Å². The summed E-state index contributed by atoms with van der Waals surface area (Å²) in [4.78, 5) is 4.17. The van der Waals surface area contributed by atoms with Gasteiger partial charge in [0, 0.05) is 12.6 Å². The Labute approximate surface area is 78.4 Å². The zero-order valence-corrected chi connectivity index (χ0v) is 8.25. The lowest BCUT2D eigenvalue weighted by molar-refractivity contribution is 0.204. The highest BCUT2D eigenvalue weighted by Crippen LogP contribution is 2.30. The number of rotatable bonds is 3. The van der Waals surface area contributed by atoms with Crippen molar-refractivity contribution >= 4 is 0 Å². The van der Waals surface area contributed by atoms with Gasteiger partial charge in [-0.05, 0) is 26.2 Å². The molecule has 1 aromatic heterocycles. The van der Waals surface area contributed by atoms with E-state index in [1.54, 1.807) is 6.33 Å². The van der Waals surface area contributed by atoms with Crippen molar-refractivity contribution in [2.24, 2.45) is 7.05 Å². The lowest BCUT2D eigenvalue weighted by atomic mass is 9.78. The molecule has 1 fully saturated rings. The molecular weight excluding hydrogens is 164 g/mol. The Hall–Kier alpha value is -0.900. The van der Waals surface area contributed by atoms with Crippen molar-refractivity contribution in [3.63, 3.8) is 0 Å². The van der Waals surface area contributed by atoms with E-state index in [1.165, 1.54) is 19.3 Å². The molecule has 4 heteroatoms. The summed E-state index contributed by atoms with van der Waals surface area (Å²) in [5.41, 5.74) is 0.353. The van der Waals surface area contributed by atoms with E-state index in [1.807, 2.05) is 11.7 Å². The third kappa shape index (κ3) is 1.72. The van der Waals surface area contributed by atoms with Crippen LogP contribution in [0.15, 0.2) is 6.33 Å². The number of aromatic nitrogens is 3. The lowest BCUT2D eigenvalue weighted by Gasteiger charge is -2.39. The van der Waals surface area contributed by atoms with Crippen molar-refractivity contribution in [2.75, 3.05) is 0 Å². The first-order valence-electron chi connectivity index (χ1n) is 4.78. The molecule has 1 heterocycles. The highest BCUT2D eigenvalue weighted by atomic mass is 15.3. The van der Waals surface area contributed by atoms with Crippen molar-refractivity contribution in [1.82, 2.24) is 20.1 Å². The molecule has 0 radical (unpaired) electrons. The molecule has 0 aromatic carbocycles. The van der Waals surface area contributed by atoms with E-state index in [4.69, 9.17) is 0 Å². The fourth-order valence-corrected chi connectivity index (χ4v) is 1.66. The second kappa shape index (κ2) is 3.10. The highest BCUT2D eigenvalue weighted by Gasteiger charge is 2.30. The molecule has 1 aliphatic carbocycles. The summed E-state index contributed by atoms with van der Waals surface area (Å²) in [7, 11) is 1.92. The standard InChI is InChI=1S/C9H16N4/c1-9(4-3-5-9)11-6-8-10-7-12-13(8)2/h7,11H,3-6H2,1-2H3. The molecule has 1 aromatic rings. The summed E-state index contributed by atoms with van der Waals surface area (Å²) in [6.07, 6.45) is 5.51. The average Bonchev–Trinajstić information content (AvgIpc) is 2.44. The quantitative estimate of drug-likeness (QED) is 0.749. The van der Waals surface area contributed by atoms with Crippen LogP contribution in [0, 0.1) is 0 Å². The minimum absolute atomic E-state index is 0.353. The number of hydrogen-bond acceptors (Lipinski definition) is 3. The first kappa shape index (κ1) is 8.69. The maximum absolute atomic E-state index is 4.17. The first-order valence-corrected chi connectivity index (χ1v) is 4.78. The minimum atomic E-state index is 0.353. The fraction of sp³-hybridized carbons (Fsp3) is 0.778. The van der Waals surface area contributed by atoms with Gasteiger partial charge in [-0.15, -0.1) is 0 Å². The van der Waals surface area contributed by atoms with Gasteiger partial charge in [-0.3, -0.25) is 4.68 Å². The molecule has 1 saturated carbocycles. The maximum Gasteiger partial charge on any atom is 0.140 e. The molecule has 4 nitrogen and oxygen atoms in total. The Bertz CT molecular complexity index is 288. The van der Waals surface area contributed by atoms with Gasteiger partial charge >= 0.3 is 0 Å². The van der Waals surface area contributed by atoms with Crippen LogP contribution in [0.3, 0.4) is 0 Å². The van der Waals surface area contributed by atoms with E-state index >= 15 is 0 Å². The average molecular weight is 180 g/mol. The van der Waals surface area contributed by atoms with Crippen LogP contribution in [0.5, 0.6) is 0 Å². The smallest absolute Gasteiger partial charge is 0.140 e. The number of nitrogens with one attached hydrogen (secondary N) is 1. The van der Waals surface area contributed by atoms with E-state index in [0.717, 1.165) is 12.4 Å². The van der Waals surface area contributed by atoms with Gasteiger partial charge in [0.05, 0.1) is 6.54 Å². The Morgan fingerprint density at radius 1 is 1.62 bits per heavy atom. The summed E-state index contributed by atoms with van der Waals surface area (Å²) in [5, 5.41) is 7.54. The molecule has 0 spiro atoms. The van der Waals surface area contributed by atoms with Crippen LogP contribution in [0.1, 0.15) is 32.0 Å². The Morgan fingerprint density at radius 2 is 2.38 bits per heavy atom. The number of nitrogens with zero attached hydrogens (tertiary/aromatic N) is 3. The SMILES string of the molecule is Cn1ncnc1CNC1(C)CCC1. The van der Waals surface area contributed by atoms with E-state index < -0.39 is 0 Å². The molecule has 0 atom stereocenters. The first-order chi connectivity index (χ1) is 6.20. The zero-order valence-electron chi connectivity index (χ0n) is 8.25. The van der Waals surface area contributed by atoms with E-state index in [0.29, 0.717) is 5.54 Å². The van der Waals surface area contributed by atoms with Crippen molar-refractivity contribution in [3.8, 4) is 0 Å². The van der Waals surface area contributed by atoms with Crippen molar-refractivity contribution in [2.45, 2.75) is 38.3 Å². The molecule has 0 amide bonds. The largest absolute Gasteiger partial charge is 0.305 e. The van der Waals surface area contributed by atoms with Crippen LogP contribution < -0.4 is 5.32 Å². The summed E-state index contributed by atoms with van der Waals surface area (Å²) >= 11 is 0. The Kier molecular flexibility index (Phi) is 2.07. The van der Waals surface area contributed by atoms with Crippen LogP contribution in [0.2, 0.25) is 0 Å². The van der Waals surface area contributed by atoms with Crippen LogP contribution in [0.25, 0.3) is 0 Å². The third-order valence-electron chi connectivity index (χ3n) is 2.94. The summed E-state index contributed by atoms with van der Waals surface area (Å²) in [6.45, 7) is 3.10. The van der Waals surface area contributed by atoms with Gasteiger partial charge in [0.25, 0.3) is 0 Å². The highest BCUT2D eigenvalue weighted by molar-refractivity contribution is 4.94. The lowest BCUT2D eigenvalue weighted by Crippen LogP contribution is -2.47. The predicted octanol–water partition coefficient (Wildman–Crippen LogP) is 0.847. The van der Waals surface area contributed by atoms with E-state index in [2.05, 4.69) is 22.3 Å². The fourth-order valence-electron chi connectivity index (χ4n) is 1.66. The molecule has 0 aliphatic heterocycles. The van der Waals surface area contributed by atoms with Gasteiger partial charge in [0.1, 0.15) is 12.2 Å². The molecule has 72 valence electrons. The van der Waals surface area contributed by atoms with Gasteiger partial charge in [-0.1, -0.05) is 0 Å². The summed E-state index contributed by atoms with van der Waals surface area (Å²) < 4.78 is 1.81. The number of aryl methyl sites for hydroxylation is 1. The van der Waals surface area contributed by atoms with Gasteiger partial charge in [-0.2, -0.15) is 5.10 Å². The van der Waals surface area contributed by atoms with Crippen molar-refractivity contribution < 1.29 is 0 Å². The van der Waals surface area contributed by atoms with Gasteiger partial charge in [0.15, 0.2) is 0 Å². The summed E-state index contributed by atoms with van der Waals surface area (Å²) in [6, 6.07) is 0. The predicted molar refractivity (Wildman–Crippen MR) is 50.1 cm³/mol. The topological polar surface area (TPSA) is 42.7 Å². The van der Waals surface area contributed by atoms with Gasteiger partial charge in [0.2, 0.25) is 0 Å². The molecule has 1 aliphatic rings. The van der Waals surface area contributed by atoms with Crippen LogP contribution >= 0.6 is 0 Å². The molecular formula is C9H16N4. The molecule has 1 N–H and O–H groups in total. The number of hydrogen-bond donors (Lipinski definition) is 1. The van der Waals surface area contributed by atoms with Gasteiger partial charge < -0.3 is 5.32 Å². The molecule has 13 heavy (non-hydrogen) atoms. The maximum atomic E-state index is 4.17. The van der Waals surface area contributed by atoms with Gasteiger partial charge in [-0.25, -0.2) is 4.98 Å². The van der Waals surface area contributed by atoms with Crippen molar-refractivity contribution in [3.05, 3.63) is 12.2 Å². The Balaban J connectivity index is 1.89. The monoisotopic (exact) mass is 180 g/mol. The minimum Gasteiger partial charge on any atom is -0.305 e. The molecule has 0 bridgehead atoms. The van der Waals surface area contributed by atoms with Crippen LogP contribution in [-0.4, -0.2) is 20.3 Å². The molecule has 0 saturated heterocycles. The summed E-state index contributed by atoms with van der Waals surface area (Å²) in [5.74, 6) is 1.01. The molecule has 2 rings (SSSR count). The third-order valence-corrected chi connectivity index (χ3v) is 2.94. The van der Waals surface area contributed by atoms with Crippen LogP contribution in [-0.2, 0) is 13.6 Å². The second-order valence-corrected chi connectivity index (χ2v) is 4.07. The Morgan fingerprint density at radius 3 is 2.85 bits per heavy atom. The second-order valence-electron chi connectivity index (χ2n) is 4.07. The van der Waals surface area contributed by atoms with E-state index in [9.17, 15) is 0 Å². The van der Waals surface area contributed by atoms with E-state index in [-0.39, 0.29) is 0 Å². The van der Waals surface area contributed by atoms with Crippen LogP contribution in [0.4, 0.5) is 0 Å². The normalized spacial score (nSPS) is 19.8. The molecule has 0 unspecified atom stereocenters.